The van der Waals surface area contributed by atoms with Crippen molar-refractivity contribution < 1.29 is 4.43 Å². The topological polar surface area (TPSA) is 9.23 Å². The van der Waals surface area contributed by atoms with Crippen LogP contribution in [0.15, 0.2) is 60.7 Å². The van der Waals surface area contributed by atoms with Gasteiger partial charge in [0.2, 0.25) is 0 Å². The van der Waals surface area contributed by atoms with Crippen molar-refractivity contribution >= 4 is 10.5 Å². The molecule has 100 valence electrons. The van der Waals surface area contributed by atoms with Crippen molar-refractivity contribution in [3.8, 4) is 0 Å². The molecule has 0 radical (unpaired) electrons. The molecule has 0 saturated carbocycles. The number of benzene rings is 2. The summed E-state index contributed by atoms with van der Waals surface area (Å²) < 4.78 is 6.20. The second-order valence-corrected chi connectivity index (χ2v) is 5.39. The van der Waals surface area contributed by atoms with E-state index in [4.69, 9.17) is 4.43 Å². The number of hydrogen-bond acceptors (Lipinski definition) is 1. The summed E-state index contributed by atoms with van der Waals surface area (Å²) in [6, 6.07) is 21.2. The molecule has 2 heteroatoms. The highest BCUT2D eigenvalue weighted by Crippen LogP contribution is 2.41. The summed E-state index contributed by atoms with van der Waals surface area (Å²) in [6.45, 7) is 4.50. The van der Waals surface area contributed by atoms with Crippen molar-refractivity contribution in [2.24, 2.45) is 5.92 Å². The molecule has 1 unspecified atom stereocenters. The Labute approximate surface area is 119 Å². The molecule has 0 aliphatic heterocycles. The summed E-state index contributed by atoms with van der Waals surface area (Å²) in [7, 11) is 0.718. The molecule has 2 aromatic carbocycles. The van der Waals surface area contributed by atoms with Gasteiger partial charge in [0, 0.05) is 0 Å². The Balaban J connectivity index is 2.62. The van der Waals surface area contributed by atoms with Gasteiger partial charge in [-0.05, 0) is 17.0 Å². The molecule has 0 aromatic heterocycles. The lowest BCUT2D eigenvalue weighted by Crippen LogP contribution is -2.37. The Hall–Kier alpha value is -1.38. The standard InChI is InChI=1S/C17H22OSi/c1-3-14(2)17(18-19,15-10-6-4-7-11-15)16-12-8-5-9-13-16/h4-14H,3H2,1-2,19H3. The van der Waals surface area contributed by atoms with Gasteiger partial charge in [0.1, 0.15) is 16.1 Å². The monoisotopic (exact) mass is 270 g/mol. The van der Waals surface area contributed by atoms with Gasteiger partial charge in [-0.15, -0.1) is 0 Å². The molecule has 0 aliphatic rings. The third kappa shape index (κ3) is 2.51. The molecule has 1 nitrogen and oxygen atoms in total. The lowest BCUT2D eigenvalue weighted by atomic mass is 9.76. The van der Waals surface area contributed by atoms with E-state index in [1.165, 1.54) is 11.1 Å². The van der Waals surface area contributed by atoms with Crippen LogP contribution in [0.25, 0.3) is 0 Å². The Kier molecular flexibility index (Phi) is 4.56. The summed E-state index contributed by atoms with van der Waals surface area (Å²) in [5, 5.41) is 0. The zero-order valence-corrected chi connectivity index (χ0v) is 14.0. The minimum absolute atomic E-state index is 0.302. The molecule has 0 heterocycles. The minimum atomic E-state index is -0.302. The van der Waals surface area contributed by atoms with E-state index >= 15 is 0 Å². The zero-order chi connectivity index (χ0) is 13.7. The van der Waals surface area contributed by atoms with Crippen LogP contribution in [0.3, 0.4) is 0 Å². The van der Waals surface area contributed by atoms with Crippen LogP contribution >= 0.6 is 0 Å². The maximum atomic E-state index is 6.20. The molecule has 0 saturated heterocycles. The zero-order valence-electron chi connectivity index (χ0n) is 12.0. The maximum absolute atomic E-state index is 6.20. The van der Waals surface area contributed by atoms with Crippen LogP contribution < -0.4 is 0 Å². The molecule has 2 rings (SSSR count). The van der Waals surface area contributed by atoms with Crippen molar-refractivity contribution in [2.75, 3.05) is 0 Å². The fraction of sp³-hybridized carbons (Fsp3) is 0.294. The van der Waals surface area contributed by atoms with Crippen molar-refractivity contribution in [3.05, 3.63) is 71.8 Å². The highest BCUT2D eigenvalue weighted by molar-refractivity contribution is 5.98. The fourth-order valence-electron chi connectivity index (χ4n) is 2.83. The summed E-state index contributed by atoms with van der Waals surface area (Å²) in [4.78, 5) is 0. The van der Waals surface area contributed by atoms with Crippen LogP contribution in [-0.2, 0) is 10.0 Å². The molecular formula is C17H22OSi. The van der Waals surface area contributed by atoms with Gasteiger partial charge >= 0.3 is 0 Å². The van der Waals surface area contributed by atoms with Gasteiger partial charge in [-0.3, -0.25) is 0 Å². The van der Waals surface area contributed by atoms with E-state index in [9.17, 15) is 0 Å². The minimum Gasteiger partial charge on any atom is -0.414 e. The van der Waals surface area contributed by atoms with E-state index in [0.29, 0.717) is 5.92 Å². The Morgan fingerprint density at radius 2 is 1.37 bits per heavy atom. The second kappa shape index (κ2) is 6.18. The van der Waals surface area contributed by atoms with Crippen molar-refractivity contribution in [3.63, 3.8) is 0 Å². The summed E-state index contributed by atoms with van der Waals surface area (Å²) in [5.41, 5.74) is 2.21. The lowest BCUT2D eigenvalue weighted by Gasteiger charge is -2.39. The average molecular weight is 270 g/mol. The number of rotatable bonds is 5. The predicted octanol–water partition coefficient (Wildman–Crippen LogP) is 3.27. The van der Waals surface area contributed by atoms with E-state index < -0.39 is 0 Å². The first kappa shape index (κ1) is 14.0. The van der Waals surface area contributed by atoms with Crippen LogP contribution in [0.2, 0.25) is 0 Å². The van der Waals surface area contributed by atoms with E-state index in [-0.39, 0.29) is 5.60 Å². The van der Waals surface area contributed by atoms with Crippen molar-refractivity contribution in [2.45, 2.75) is 25.9 Å². The molecule has 19 heavy (non-hydrogen) atoms. The predicted molar refractivity (Wildman–Crippen MR) is 84.1 cm³/mol. The first-order valence-electron chi connectivity index (χ1n) is 6.92. The molecule has 0 aliphatic carbocycles. The molecule has 0 spiro atoms. The maximum Gasteiger partial charge on any atom is 0.147 e. The molecule has 2 aromatic rings. The quantitative estimate of drug-likeness (QED) is 0.758. The van der Waals surface area contributed by atoms with Crippen LogP contribution in [0.1, 0.15) is 31.4 Å². The van der Waals surface area contributed by atoms with Crippen LogP contribution in [0.5, 0.6) is 0 Å². The van der Waals surface area contributed by atoms with E-state index in [1.54, 1.807) is 0 Å². The first-order chi connectivity index (χ1) is 9.25. The van der Waals surface area contributed by atoms with Crippen LogP contribution in [-0.4, -0.2) is 10.5 Å². The fourth-order valence-corrected chi connectivity index (χ4v) is 3.71. The molecular weight excluding hydrogens is 248 g/mol. The molecule has 1 atom stereocenters. The molecule has 0 N–H and O–H groups in total. The van der Waals surface area contributed by atoms with Crippen LogP contribution in [0.4, 0.5) is 0 Å². The Morgan fingerprint density at radius 3 is 1.68 bits per heavy atom. The molecule has 0 amide bonds. The number of hydrogen-bond donors (Lipinski definition) is 0. The van der Waals surface area contributed by atoms with E-state index in [2.05, 4.69) is 74.5 Å². The van der Waals surface area contributed by atoms with Crippen molar-refractivity contribution in [1.82, 2.24) is 0 Å². The Bertz CT molecular complexity index is 456. The van der Waals surface area contributed by atoms with Gasteiger partial charge in [-0.1, -0.05) is 80.9 Å². The van der Waals surface area contributed by atoms with Crippen molar-refractivity contribution in [1.29, 1.82) is 0 Å². The average Bonchev–Trinajstić information content (AvgIpc) is 2.50. The van der Waals surface area contributed by atoms with E-state index in [0.717, 1.165) is 16.9 Å². The smallest absolute Gasteiger partial charge is 0.147 e. The van der Waals surface area contributed by atoms with Gasteiger partial charge in [-0.2, -0.15) is 0 Å². The largest absolute Gasteiger partial charge is 0.414 e. The first-order valence-corrected chi connectivity index (χ1v) is 7.73. The van der Waals surface area contributed by atoms with Gasteiger partial charge in [0.05, 0.1) is 0 Å². The van der Waals surface area contributed by atoms with Gasteiger partial charge in [-0.25, -0.2) is 0 Å². The highest BCUT2D eigenvalue weighted by atomic mass is 28.2. The van der Waals surface area contributed by atoms with Gasteiger partial charge in [0.25, 0.3) is 0 Å². The summed E-state index contributed by atoms with van der Waals surface area (Å²) >= 11 is 0. The Morgan fingerprint density at radius 1 is 0.947 bits per heavy atom. The summed E-state index contributed by atoms with van der Waals surface area (Å²) in [5.74, 6) is 0.440. The third-order valence-electron chi connectivity index (χ3n) is 4.03. The molecule has 0 fully saturated rings. The molecule has 0 bridgehead atoms. The van der Waals surface area contributed by atoms with Gasteiger partial charge < -0.3 is 4.43 Å². The summed E-state index contributed by atoms with van der Waals surface area (Å²) in [6.07, 6.45) is 1.09. The highest BCUT2D eigenvalue weighted by Gasteiger charge is 2.38. The van der Waals surface area contributed by atoms with Crippen LogP contribution in [0, 0.1) is 5.92 Å². The third-order valence-corrected chi connectivity index (χ3v) is 4.68. The van der Waals surface area contributed by atoms with Gasteiger partial charge in [0.15, 0.2) is 0 Å². The van der Waals surface area contributed by atoms with E-state index in [1.807, 2.05) is 0 Å². The lowest BCUT2D eigenvalue weighted by molar-refractivity contribution is 0.0598. The SMILES string of the molecule is CCC(C)C(O[SiH3])(c1ccccc1)c1ccccc1. The normalized spacial score (nSPS) is 13.4. The second-order valence-electron chi connectivity index (χ2n) is 4.98.